The minimum atomic E-state index is -0.393. The molecule has 190 valence electrons. The van der Waals surface area contributed by atoms with Crippen LogP contribution < -0.4 is 30.3 Å². The summed E-state index contributed by atoms with van der Waals surface area (Å²) in [4.78, 5) is 33.0. The van der Waals surface area contributed by atoms with Crippen LogP contribution in [0, 0.1) is 11.3 Å². The molecule has 11 nitrogen and oxygen atoms in total. The van der Waals surface area contributed by atoms with Gasteiger partial charge in [0.1, 0.15) is 17.6 Å². The molecule has 0 unspecified atom stereocenters. The predicted molar refractivity (Wildman–Crippen MR) is 140 cm³/mol. The molecule has 1 saturated heterocycles. The van der Waals surface area contributed by atoms with Crippen LogP contribution in [0.5, 0.6) is 11.5 Å². The SMILES string of the molecule is COc1cc(NC(=O)Nc2ccc(N3CCN(C(=O)Nc4ncccc4C#N)CC3)cc2)cc(OC)c1. The highest BCUT2D eigenvalue weighted by atomic mass is 16.5. The van der Waals surface area contributed by atoms with Crippen LogP contribution in [0.25, 0.3) is 0 Å². The van der Waals surface area contributed by atoms with Gasteiger partial charge in [0.15, 0.2) is 5.82 Å². The van der Waals surface area contributed by atoms with Crippen molar-refractivity contribution in [2.75, 3.05) is 61.2 Å². The molecule has 1 fully saturated rings. The van der Waals surface area contributed by atoms with Crippen LogP contribution >= 0.6 is 0 Å². The summed E-state index contributed by atoms with van der Waals surface area (Å²) >= 11 is 0. The van der Waals surface area contributed by atoms with Gasteiger partial charge in [-0.15, -0.1) is 0 Å². The lowest BCUT2D eigenvalue weighted by molar-refractivity contribution is 0.208. The van der Waals surface area contributed by atoms with Gasteiger partial charge in [-0.3, -0.25) is 5.32 Å². The summed E-state index contributed by atoms with van der Waals surface area (Å²) in [6, 6.07) is 17.2. The number of piperazine rings is 1. The summed E-state index contributed by atoms with van der Waals surface area (Å²) < 4.78 is 10.5. The summed E-state index contributed by atoms with van der Waals surface area (Å²) in [5.74, 6) is 1.40. The number of nitrogens with one attached hydrogen (secondary N) is 3. The molecule has 0 spiro atoms. The number of aromatic nitrogens is 1. The number of ether oxygens (including phenoxy) is 2. The van der Waals surface area contributed by atoms with Gasteiger partial charge in [0.25, 0.3) is 0 Å². The molecule has 2 aromatic carbocycles. The molecule has 37 heavy (non-hydrogen) atoms. The first-order chi connectivity index (χ1) is 18.0. The topological polar surface area (TPSA) is 132 Å². The number of carbonyl (C=O) groups is 2. The van der Waals surface area contributed by atoms with Crippen LogP contribution in [-0.4, -0.2) is 62.3 Å². The molecular formula is C26H27N7O4. The van der Waals surface area contributed by atoms with Gasteiger partial charge < -0.3 is 29.9 Å². The van der Waals surface area contributed by atoms with E-state index >= 15 is 0 Å². The van der Waals surface area contributed by atoms with Crippen molar-refractivity contribution in [1.82, 2.24) is 9.88 Å². The van der Waals surface area contributed by atoms with Gasteiger partial charge in [-0.1, -0.05) is 0 Å². The van der Waals surface area contributed by atoms with Gasteiger partial charge in [-0.2, -0.15) is 5.26 Å². The molecule has 1 aliphatic rings. The molecule has 4 rings (SSSR count). The van der Waals surface area contributed by atoms with E-state index in [0.29, 0.717) is 54.6 Å². The van der Waals surface area contributed by atoms with Crippen molar-refractivity contribution in [3.63, 3.8) is 0 Å². The minimum Gasteiger partial charge on any atom is -0.497 e. The van der Waals surface area contributed by atoms with Gasteiger partial charge in [-0.05, 0) is 36.4 Å². The zero-order valence-electron chi connectivity index (χ0n) is 20.5. The van der Waals surface area contributed by atoms with E-state index in [1.807, 2.05) is 30.3 Å². The average Bonchev–Trinajstić information content (AvgIpc) is 2.93. The first kappa shape index (κ1) is 25.1. The highest BCUT2D eigenvalue weighted by molar-refractivity contribution is 6.00. The average molecular weight is 502 g/mol. The van der Waals surface area contributed by atoms with E-state index in [4.69, 9.17) is 9.47 Å². The molecular weight excluding hydrogens is 474 g/mol. The van der Waals surface area contributed by atoms with Crippen LogP contribution in [0.4, 0.5) is 32.5 Å². The number of urea groups is 2. The minimum absolute atomic E-state index is 0.259. The third-order valence-corrected chi connectivity index (χ3v) is 5.82. The number of pyridine rings is 1. The maximum absolute atomic E-state index is 12.6. The zero-order valence-corrected chi connectivity index (χ0v) is 20.5. The number of amides is 4. The lowest BCUT2D eigenvalue weighted by atomic mass is 10.2. The molecule has 0 bridgehead atoms. The molecule has 0 atom stereocenters. The van der Waals surface area contributed by atoms with Crippen LogP contribution in [0.15, 0.2) is 60.8 Å². The Morgan fingerprint density at radius 1 is 0.892 bits per heavy atom. The molecule has 0 saturated carbocycles. The molecule has 4 amide bonds. The Morgan fingerprint density at radius 2 is 1.54 bits per heavy atom. The summed E-state index contributed by atoms with van der Waals surface area (Å²) in [7, 11) is 3.09. The van der Waals surface area contributed by atoms with E-state index in [-0.39, 0.29) is 11.8 Å². The van der Waals surface area contributed by atoms with E-state index in [9.17, 15) is 14.9 Å². The van der Waals surface area contributed by atoms with Gasteiger partial charge in [0.2, 0.25) is 0 Å². The zero-order chi connectivity index (χ0) is 26.2. The second-order valence-corrected chi connectivity index (χ2v) is 8.14. The molecule has 0 radical (unpaired) electrons. The van der Waals surface area contributed by atoms with Crippen molar-refractivity contribution in [1.29, 1.82) is 5.26 Å². The Balaban J connectivity index is 1.28. The highest BCUT2D eigenvalue weighted by Gasteiger charge is 2.22. The molecule has 2 heterocycles. The molecule has 1 aromatic heterocycles. The maximum atomic E-state index is 12.6. The number of nitriles is 1. The summed E-state index contributed by atoms with van der Waals surface area (Å²) in [5.41, 5.74) is 2.48. The van der Waals surface area contributed by atoms with Crippen LogP contribution in [0.3, 0.4) is 0 Å². The Bertz CT molecular complexity index is 1280. The van der Waals surface area contributed by atoms with Crippen molar-refractivity contribution in [2.45, 2.75) is 0 Å². The largest absolute Gasteiger partial charge is 0.497 e. The number of rotatable bonds is 6. The number of carbonyl (C=O) groups excluding carboxylic acids is 2. The van der Waals surface area contributed by atoms with Gasteiger partial charge >= 0.3 is 12.1 Å². The quantitative estimate of drug-likeness (QED) is 0.466. The fourth-order valence-electron chi connectivity index (χ4n) is 3.87. The van der Waals surface area contributed by atoms with Gasteiger partial charge in [-0.25, -0.2) is 14.6 Å². The third-order valence-electron chi connectivity index (χ3n) is 5.82. The Hall–Kier alpha value is -4.98. The van der Waals surface area contributed by atoms with Gasteiger partial charge in [0, 0.05) is 67.6 Å². The van der Waals surface area contributed by atoms with Crippen LogP contribution in [-0.2, 0) is 0 Å². The summed E-state index contributed by atoms with van der Waals surface area (Å²) in [5, 5.41) is 17.5. The number of methoxy groups -OCH3 is 2. The van der Waals surface area contributed by atoms with Crippen molar-refractivity contribution in [3.8, 4) is 17.6 Å². The fourth-order valence-corrected chi connectivity index (χ4v) is 3.87. The number of hydrogen-bond donors (Lipinski definition) is 3. The molecule has 0 aliphatic carbocycles. The third kappa shape index (κ3) is 6.37. The van der Waals surface area contributed by atoms with Crippen molar-refractivity contribution in [3.05, 3.63) is 66.4 Å². The Kier molecular flexibility index (Phi) is 7.90. The standard InChI is InChI=1S/C26H27N7O4/c1-36-22-14-20(15-23(16-22)37-2)30-25(34)29-19-5-7-21(8-6-19)32-10-12-33(13-11-32)26(35)31-24-18(17-27)4-3-9-28-24/h3-9,14-16H,10-13H2,1-2H3,(H,28,31,35)(H2,29,30,34). The normalized spacial score (nSPS) is 12.8. The predicted octanol–water partition coefficient (Wildman–Crippen LogP) is 3.97. The monoisotopic (exact) mass is 501 g/mol. The van der Waals surface area contributed by atoms with E-state index in [1.54, 1.807) is 49.5 Å². The van der Waals surface area contributed by atoms with Crippen LogP contribution in [0.1, 0.15) is 5.56 Å². The van der Waals surface area contributed by atoms with Crippen molar-refractivity contribution in [2.24, 2.45) is 0 Å². The number of nitrogens with zero attached hydrogens (tertiary/aromatic N) is 4. The second-order valence-electron chi connectivity index (χ2n) is 8.14. The van der Waals surface area contributed by atoms with Crippen molar-refractivity contribution >= 4 is 34.9 Å². The van der Waals surface area contributed by atoms with E-state index < -0.39 is 6.03 Å². The number of hydrogen-bond acceptors (Lipinski definition) is 7. The molecule has 11 heteroatoms. The van der Waals surface area contributed by atoms with E-state index in [0.717, 1.165) is 5.69 Å². The fraction of sp³-hybridized carbons (Fsp3) is 0.231. The summed E-state index contributed by atoms with van der Waals surface area (Å²) in [6.45, 7) is 2.33. The van der Waals surface area contributed by atoms with E-state index in [2.05, 4.69) is 25.8 Å². The van der Waals surface area contributed by atoms with E-state index in [1.165, 1.54) is 6.20 Å². The van der Waals surface area contributed by atoms with Crippen molar-refractivity contribution < 1.29 is 19.1 Å². The number of benzene rings is 2. The molecule has 3 N–H and O–H groups in total. The summed E-state index contributed by atoms with van der Waals surface area (Å²) in [6.07, 6.45) is 1.53. The number of anilines is 4. The Labute approximate surface area is 214 Å². The lowest BCUT2D eigenvalue weighted by Gasteiger charge is -2.36. The first-order valence-corrected chi connectivity index (χ1v) is 11.6. The lowest BCUT2D eigenvalue weighted by Crippen LogP contribution is -2.50. The molecule has 1 aliphatic heterocycles. The maximum Gasteiger partial charge on any atom is 0.323 e. The van der Waals surface area contributed by atoms with Gasteiger partial charge in [0.05, 0.1) is 19.8 Å². The Morgan fingerprint density at radius 3 is 2.16 bits per heavy atom. The highest BCUT2D eigenvalue weighted by Crippen LogP contribution is 2.26. The first-order valence-electron chi connectivity index (χ1n) is 11.6. The second kappa shape index (κ2) is 11.6. The molecule has 3 aromatic rings. The smallest absolute Gasteiger partial charge is 0.323 e. The van der Waals surface area contributed by atoms with Crippen LogP contribution in [0.2, 0.25) is 0 Å².